The van der Waals surface area contributed by atoms with Gasteiger partial charge in [0.15, 0.2) is 5.79 Å². The predicted octanol–water partition coefficient (Wildman–Crippen LogP) is 7.58. The average molecular weight is 678 g/mol. The molecule has 1 unspecified atom stereocenters. The summed E-state index contributed by atoms with van der Waals surface area (Å²) in [4.78, 5) is 30.9. The lowest BCUT2D eigenvalue weighted by Gasteiger charge is -2.32. The van der Waals surface area contributed by atoms with E-state index in [1.807, 2.05) is 60.4 Å². The zero-order valence-corrected chi connectivity index (χ0v) is 29.3. The molecular formula is C42H51N3O5. The van der Waals surface area contributed by atoms with Crippen LogP contribution in [0.4, 0.5) is 0 Å². The summed E-state index contributed by atoms with van der Waals surface area (Å²) >= 11 is 0. The number of allylic oxidation sites excluding steroid dienone is 1. The van der Waals surface area contributed by atoms with Crippen LogP contribution in [0.5, 0.6) is 0 Å². The Bertz CT molecular complexity index is 1660. The fourth-order valence-corrected chi connectivity index (χ4v) is 7.42. The first-order chi connectivity index (χ1) is 24.4. The Hall–Kier alpha value is -4.24. The van der Waals surface area contributed by atoms with Crippen molar-refractivity contribution in [3.05, 3.63) is 114 Å². The summed E-state index contributed by atoms with van der Waals surface area (Å²) in [6, 6.07) is 19.5. The van der Waals surface area contributed by atoms with Gasteiger partial charge in [0, 0.05) is 43.5 Å². The van der Waals surface area contributed by atoms with Crippen LogP contribution in [0.2, 0.25) is 0 Å². The Labute approximate surface area is 296 Å². The molecule has 0 saturated carbocycles. The molecule has 1 aliphatic carbocycles. The zero-order valence-electron chi connectivity index (χ0n) is 29.3. The first-order valence-electron chi connectivity index (χ1n) is 18.4. The van der Waals surface area contributed by atoms with Crippen LogP contribution in [0, 0.1) is 11.8 Å². The predicted molar refractivity (Wildman–Crippen MR) is 197 cm³/mol. The van der Waals surface area contributed by atoms with Crippen molar-refractivity contribution in [1.82, 2.24) is 15.1 Å². The average Bonchev–Trinajstić information content (AvgIpc) is 3.68. The number of likely N-dealkylation sites (tertiary alicyclic amines) is 1. The van der Waals surface area contributed by atoms with E-state index in [-0.39, 0.29) is 18.2 Å². The van der Waals surface area contributed by atoms with Crippen LogP contribution < -0.4 is 5.32 Å². The van der Waals surface area contributed by atoms with Gasteiger partial charge in [-0.1, -0.05) is 55.7 Å². The zero-order chi connectivity index (χ0) is 34.8. The summed E-state index contributed by atoms with van der Waals surface area (Å²) in [6.45, 7) is 6.49. The minimum absolute atomic E-state index is 0.0966. The summed E-state index contributed by atoms with van der Waals surface area (Å²) in [6.07, 6.45) is 18.8. The highest BCUT2D eigenvalue weighted by atomic mass is 16.6. The Balaban J connectivity index is 1.10. The maximum absolute atomic E-state index is 13.6. The van der Waals surface area contributed by atoms with Gasteiger partial charge in [-0.05, 0) is 123 Å². The minimum Gasteiger partial charge on any atom is -0.465 e. The molecule has 8 nitrogen and oxygen atoms in total. The van der Waals surface area contributed by atoms with E-state index in [9.17, 15) is 14.7 Å². The largest absolute Gasteiger partial charge is 0.465 e. The number of carbonyl (C=O) groups excluding carboxylic acids is 2. The summed E-state index contributed by atoms with van der Waals surface area (Å²) in [7, 11) is 0. The van der Waals surface area contributed by atoms with Crippen molar-refractivity contribution in [3.63, 3.8) is 0 Å². The third-order valence-electron chi connectivity index (χ3n) is 10.3. The van der Waals surface area contributed by atoms with Crippen molar-refractivity contribution < 1.29 is 23.8 Å². The number of nitrogens with zero attached hydrogens (tertiary/aromatic N) is 2. The maximum atomic E-state index is 13.6. The molecule has 0 spiro atoms. The Morgan fingerprint density at radius 3 is 2.44 bits per heavy atom. The van der Waals surface area contributed by atoms with E-state index >= 15 is 0 Å². The fraction of sp³-hybridized carbons (Fsp3) is 0.429. The molecule has 8 heteroatoms. The monoisotopic (exact) mass is 677 g/mol. The maximum Gasteiger partial charge on any atom is 0.253 e. The third kappa shape index (κ3) is 9.50. The van der Waals surface area contributed by atoms with Crippen molar-refractivity contribution in [2.24, 2.45) is 11.8 Å². The number of carbonyl (C=O) groups is 2. The highest BCUT2D eigenvalue weighted by Crippen LogP contribution is 2.29. The van der Waals surface area contributed by atoms with Gasteiger partial charge in [-0.25, -0.2) is 0 Å². The number of amides is 2. The normalized spacial score (nSPS) is 20.3. The molecule has 0 radical (unpaired) electrons. The SMILES string of the molecule is CCOC1(O)C=CC(N(Cc2cccc(-c3cccc(C(=O)N4CCC(CCCC5CCNCC5)CC4)c3)c2)C(=O)C=Cc2ccco2)=CC1. The van der Waals surface area contributed by atoms with Gasteiger partial charge in [0.05, 0.1) is 12.8 Å². The van der Waals surface area contributed by atoms with Gasteiger partial charge in [-0.3, -0.25) is 9.59 Å². The first kappa shape index (κ1) is 35.6. The van der Waals surface area contributed by atoms with E-state index in [1.54, 1.807) is 41.5 Å². The second-order valence-corrected chi connectivity index (χ2v) is 13.9. The van der Waals surface area contributed by atoms with Crippen LogP contribution in [0.3, 0.4) is 0 Å². The fourth-order valence-electron chi connectivity index (χ4n) is 7.42. The summed E-state index contributed by atoms with van der Waals surface area (Å²) in [5.74, 6) is 0.680. The molecule has 0 bridgehead atoms. The molecule has 1 aromatic heterocycles. The molecular weight excluding hydrogens is 626 g/mol. The molecule has 50 heavy (non-hydrogen) atoms. The number of furan rings is 1. The van der Waals surface area contributed by atoms with Crippen molar-refractivity contribution in [2.75, 3.05) is 32.8 Å². The summed E-state index contributed by atoms with van der Waals surface area (Å²) < 4.78 is 10.9. The van der Waals surface area contributed by atoms with Gasteiger partial charge >= 0.3 is 0 Å². The number of nitrogens with one attached hydrogen (secondary N) is 1. The first-order valence-corrected chi connectivity index (χ1v) is 18.4. The second-order valence-electron chi connectivity index (χ2n) is 13.9. The van der Waals surface area contributed by atoms with E-state index in [1.165, 1.54) is 51.3 Å². The molecule has 2 fully saturated rings. The Kier molecular flexibility index (Phi) is 12.2. The standard InChI is InChI=1S/C42H51N3O5/c1-2-50-42(48)22-16-38(17-23-42)45(40(46)15-14-39-13-6-28-49-39)31-34-9-4-10-35(29-34)36-11-5-12-37(30-36)41(47)44-26-20-33(21-27-44)8-3-7-32-18-24-43-25-19-32/h4-6,9-17,22,28-30,32-33,43,48H,2-3,7-8,18-21,23-27,31H2,1H3. The lowest BCUT2D eigenvalue weighted by Crippen LogP contribution is -2.38. The molecule has 6 rings (SSSR count). The van der Waals surface area contributed by atoms with Crippen LogP contribution in [0.1, 0.15) is 80.0 Å². The lowest BCUT2D eigenvalue weighted by molar-refractivity contribution is -0.161. The van der Waals surface area contributed by atoms with E-state index in [4.69, 9.17) is 9.15 Å². The van der Waals surface area contributed by atoms with Gasteiger partial charge in [0.1, 0.15) is 5.76 Å². The van der Waals surface area contributed by atoms with E-state index in [0.29, 0.717) is 30.2 Å². The molecule has 264 valence electrons. The number of aliphatic hydroxyl groups is 1. The van der Waals surface area contributed by atoms with Crippen LogP contribution in [-0.4, -0.2) is 65.3 Å². The molecule has 2 aromatic carbocycles. The number of hydrogen-bond donors (Lipinski definition) is 2. The Morgan fingerprint density at radius 2 is 1.74 bits per heavy atom. The molecule has 2 saturated heterocycles. The summed E-state index contributed by atoms with van der Waals surface area (Å²) in [5.41, 5.74) is 4.24. The van der Waals surface area contributed by atoms with Crippen LogP contribution in [0.25, 0.3) is 17.2 Å². The van der Waals surface area contributed by atoms with Gasteiger partial charge in [0.2, 0.25) is 0 Å². The van der Waals surface area contributed by atoms with Crippen LogP contribution >= 0.6 is 0 Å². The van der Waals surface area contributed by atoms with Gasteiger partial charge in [-0.2, -0.15) is 0 Å². The lowest BCUT2D eigenvalue weighted by atomic mass is 9.87. The van der Waals surface area contributed by atoms with Crippen LogP contribution in [-0.2, 0) is 16.1 Å². The van der Waals surface area contributed by atoms with Crippen molar-refractivity contribution in [2.45, 2.75) is 70.6 Å². The second kappa shape index (κ2) is 17.1. The third-order valence-corrected chi connectivity index (χ3v) is 10.3. The number of rotatable bonds is 13. The molecule has 2 aliphatic heterocycles. The number of hydrogen-bond acceptors (Lipinski definition) is 6. The molecule has 3 heterocycles. The van der Waals surface area contributed by atoms with Crippen molar-refractivity contribution in [3.8, 4) is 11.1 Å². The highest BCUT2D eigenvalue weighted by molar-refractivity contribution is 5.95. The number of piperidine rings is 2. The molecule has 2 amide bonds. The van der Waals surface area contributed by atoms with E-state index < -0.39 is 5.79 Å². The summed E-state index contributed by atoms with van der Waals surface area (Å²) in [5, 5.41) is 14.2. The van der Waals surface area contributed by atoms with Crippen LogP contribution in [0.15, 0.2) is 101 Å². The van der Waals surface area contributed by atoms with Crippen molar-refractivity contribution in [1.29, 1.82) is 0 Å². The topological polar surface area (TPSA) is 95.3 Å². The smallest absolute Gasteiger partial charge is 0.253 e. The number of benzene rings is 2. The van der Waals surface area contributed by atoms with Gasteiger partial charge < -0.3 is 29.4 Å². The molecule has 3 aromatic rings. The molecule has 1 atom stereocenters. The minimum atomic E-state index is -1.39. The highest BCUT2D eigenvalue weighted by Gasteiger charge is 2.28. The molecule has 3 aliphatic rings. The Morgan fingerprint density at radius 1 is 1.00 bits per heavy atom. The van der Waals surface area contributed by atoms with E-state index in [0.717, 1.165) is 54.5 Å². The van der Waals surface area contributed by atoms with Gasteiger partial charge in [-0.15, -0.1) is 0 Å². The van der Waals surface area contributed by atoms with Crippen molar-refractivity contribution >= 4 is 17.9 Å². The number of ether oxygens (including phenoxy) is 1. The van der Waals surface area contributed by atoms with E-state index in [2.05, 4.69) is 11.4 Å². The quantitative estimate of drug-likeness (QED) is 0.143. The van der Waals surface area contributed by atoms with Gasteiger partial charge in [0.25, 0.3) is 11.8 Å². The molecule has 2 N–H and O–H groups in total.